The highest BCUT2D eigenvalue weighted by atomic mass is 19.1. The molecule has 0 unspecified atom stereocenters. The van der Waals surface area contributed by atoms with E-state index in [0.29, 0.717) is 5.57 Å². The molecule has 1 aromatic carbocycles. The Labute approximate surface area is 81.6 Å². The molecule has 0 N–H and O–H groups in total. The largest absolute Gasteiger partial charge is 0.294 e. The molecule has 0 spiro atoms. The van der Waals surface area contributed by atoms with E-state index < -0.39 is 0 Å². The molecule has 1 aromatic rings. The summed E-state index contributed by atoms with van der Waals surface area (Å²) in [4.78, 5) is 10.9. The lowest BCUT2D eigenvalue weighted by Crippen LogP contribution is -2.00. The molecule has 0 radical (unpaired) electrons. The molecule has 0 aliphatic heterocycles. The fourth-order valence-corrected chi connectivity index (χ4v) is 1.44. The van der Waals surface area contributed by atoms with Crippen molar-refractivity contribution in [1.82, 2.24) is 0 Å². The van der Waals surface area contributed by atoms with Gasteiger partial charge in [-0.3, -0.25) is 4.79 Å². The molecule has 1 nitrogen and oxygen atoms in total. The molecule has 0 atom stereocenters. The van der Waals surface area contributed by atoms with Crippen LogP contribution in [0.15, 0.2) is 48.3 Å². The SMILES string of the molecule is O=C1C=CC(c2ccccc2)=C(F)C1. The Kier molecular flexibility index (Phi) is 2.27. The van der Waals surface area contributed by atoms with E-state index in [1.54, 1.807) is 0 Å². The lowest BCUT2D eigenvalue weighted by atomic mass is 9.98. The number of hydrogen-bond acceptors (Lipinski definition) is 1. The van der Waals surface area contributed by atoms with Gasteiger partial charge in [0.1, 0.15) is 5.83 Å². The van der Waals surface area contributed by atoms with Crippen molar-refractivity contribution >= 4 is 11.4 Å². The van der Waals surface area contributed by atoms with Crippen molar-refractivity contribution in [2.75, 3.05) is 0 Å². The molecule has 70 valence electrons. The summed E-state index contributed by atoms with van der Waals surface area (Å²) in [5, 5.41) is 0. The van der Waals surface area contributed by atoms with Gasteiger partial charge in [-0.05, 0) is 17.7 Å². The third kappa shape index (κ3) is 1.64. The van der Waals surface area contributed by atoms with Crippen LogP contribution in [0.2, 0.25) is 0 Å². The maximum atomic E-state index is 13.4. The highest BCUT2D eigenvalue weighted by Crippen LogP contribution is 2.26. The van der Waals surface area contributed by atoms with Gasteiger partial charge in [-0.1, -0.05) is 30.3 Å². The summed E-state index contributed by atoms with van der Waals surface area (Å²) in [6.07, 6.45) is 2.85. The van der Waals surface area contributed by atoms with Crippen LogP contribution in [0.25, 0.3) is 5.57 Å². The normalized spacial score (nSPS) is 16.2. The highest BCUT2D eigenvalue weighted by molar-refractivity contribution is 5.98. The van der Waals surface area contributed by atoms with E-state index >= 15 is 0 Å². The number of allylic oxidation sites excluding steroid dienone is 4. The van der Waals surface area contributed by atoms with Crippen molar-refractivity contribution in [3.63, 3.8) is 0 Å². The zero-order valence-electron chi connectivity index (χ0n) is 7.53. The van der Waals surface area contributed by atoms with E-state index in [9.17, 15) is 9.18 Å². The smallest absolute Gasteiger partial charge is 0.162 e. The molecule has 14 heavy (non-hydrogen) atoms. The molecule has 0 saturated heterocycles. The Balaban J connectivity index is 2.41. The molecule has 0 fully saturated rings. The summed E-state index contributed by atoms with van der Waals surface area (Å²) in [6.45, 7) is 0. The van der Waals surface area contributed by atoms with Gasteiger partial charge in [0, 0.05) is 5.57 Å². The van der Waals surface area contributed by atoms with E-state index in [-0.39, 0.29) is 18.0 Å². The molecule has 2 heteroatoms. The van der Waals surface area contributed by atoms with Crippen LogP contribution in [-0.4, -0.2) is 5.78 Å². The first-order valence-corrected chi connectivity index (χ1v) is 4.42. The highest BCUT2D eigenvalue weighted by Gasteiger charge is 2.14. The Morgan fingerprint density at radius 3 is 2.43 bits per heavy atom. The van der Waals surface area contributed by atoms with Crippen LogP contribution >= 0.6 is 0 Å². The summed E-state index contributed by atoms with van der Waals surface area (Å²) in [6, 6.07) is 9.23. The number of benzene rings is 1. The second kappa shape index (κ2) is 3.58. The predicted molar refractivity (Wildman–Crippen MR) is 53.2 cm³/mol. The standard InChI is InChI=1S/C12H9FO/c13-12-8-10(14)6-7-11(12)9-4-2-1-3-5-9/h1-7H,8H2. The zero-order chi connectivity index (χ0) is 9.97. The van der Waals surface area contributed by atoms with Crippen molar-refractivity contribution in [2.45, 2.75) is 6.42 Å². The maximum Gasteiger partial charge on any atom is 0.162 e. The second-order valence-electron chi connectivity index (χ2n) is 3.16. The molecule has 1 aliphatic rings. The topological polar surface area (TPSA) is 17.1 Å². The summed E-state index contributed by atoms with van der Waals surface area (Å²) in [7, 11) is 0. The Morgan fingerprint density at radius 2 is 1.79 bits per heavy atom. The second-order valence-corrected chi connectivity index (χ2v) is 3.16. The van der Waals surface area contributed by atoms with Gasteiger partial charge >= 0.3 is 0 Å². The molecule has 0 saturated carbocycles. The number of carbonyl (C=O) groups excluding carboxylic acids is 1. The number of ketones is 1. The van der Waals surface area contributed by atoms with Crippen molar-refractivity contribution < 1.29 is 9.18 Å². The average Bonchev–Trinajstić information content (AvgIpc) is 2.19. The van der Waals surface area contributed by atoms with E-state index in [1.165, 1.54) is 12.2 Å². The first kappa shape index (κ1) is 8.88. The lowest BCUT2D eigenvalue weighted by Gasteiger charge is -2.08. The van der Waals surface area contributed by atoms with Crippen molar-refractivity contribution in [1.29, 1.82) is 0 Å². The van der Waals surface area contributed by atoms with Gasteiger partial charge in [0.15, 0.2) is 5.78 Å². The van der Waals surface area contributed by atoms with Crippen LogP contribution in [0.4, 0.5) is 4.39 Å². The van der Waals surface area contributed by atoms with Gasteiger partial charge in [-0.15, -0.1) is 0 Å². The van der Waals surface area contributed by atoms with E-state index in [2.05, 4.69) is 0 Å². The van der Waals surface area contributed by atoms with Crippen LogP contribution in [0, 0.1) is 0 Å². The van der Waals surface area contributed by atoms with Gasteiger partial charge in [-0.25, -0.2) is 4.39 Å². The van der Waals surface area contributed by atoms with Gasteiger partial charge in [0.25, 0.3) is 0 Å². The summed E-state index contributed by atoms with van der Waals surface area (Å²) in [5.41, 5.74) is 1.33. The fraction of sp³-hybridized carbons (Fsp3) is 0.0833. The molecule has 1 aliphatic carbocycles. The van der Waals surface area contributed by atoms with Crippen LogP contribution < -0.4 is 0 Å². The minimum absolute atomic E-state index is 0.110. The van der Waals surface area contributed by atoms with E-state index in [1.807, 2.05) is 30.3 Å². The lowest BCUT2D eigenvalue weighted by molar-refractivity contribution is -0.114. The number of rotatable bonds is 1. The van der Waals surface area contributed by atoms with Crippen LogP contribution in [0.5, 0.6) is 0 Å². The molecular formula is C12H9FO. The molecule has 0 bridgehead atoms. The van der Waals surface area contributed by atoms with Gasteiger partial charge in [0.2, 0.25) is 0 Å². The predicted octanol–water partition coefficient (Wildman–Crippen LogP) is 2.90. The third-order valence-electron chi connectivity index (χ3n) is 2.14. The molecule has 0 heterocycles. The van der Waals surface area contributed by atoms with Crippen molar-refractivity contribution in [3.8, 4) is 0 Å². The molecule has 2 rings (SSSR count). The summed E-state index contributed by atoms with van der Waals surface area (Å²) < 4.78 is 13.4. The van der Waals surface area contributed by atoms with Gasteiger partial charge in [0.05, 0.1) is 6.42 Å². The average molecular weight is 188 g/mol. The molecular weight excluding hydrogens is 179 g/mol. The first-order chi connectivity index (χ1) is 6.77. The third-order valence-corrected chi connectivity index (χ3v) is 2.14. The summed E-state index contributed by atoms with van der Waals surface area (Å²) >= 11 is 0. The van der Waals surface area contributed by atoms with Crippen LogP contribution in [0.1, 0.15) is 12.0 Å². The quantitative estimate of drug-likeness (QED) is 0.662. The number of hydrogen-bond donors (Lipinski definition) is 0. The zero-order valence-corrected chi connectivity index (χ0v) is 7.53. The molecule has 0 aromatic heterocycles. The monoisotopic (exact) mass is 188 g/mol. The minimum Gasteiger partial charge on any atom is -0.294 e. The summed E-state index contributed by atoms with van der Waals surface area (Å²) in [5.74, 6) is -0.522. The number of carbonyl (C=O) groups is 1. The Bertz CT molecular complexity index is 415. The fourth-order valence-electron chi connectivity index (χ4n) is 1.44. The minimum atomic E-state index is -0.344. The Morgan fingerprint density at radius 1 is 1.07 bits per heavy atom. The van der Waals surface area contributed by atoms with Gasteiger partial charge < -0.3 is 0 Å². The maximum absolute atomic E-state index is 13.4. The van der Waals surface area contributed by atoms with Crippen molar-refractivity contribution in [3.05, 3.63) is 53.9 Å². The van der Waals surface area contributed by atoms with Gasteiger partial charge in [-0.2, -0.15) is 0 Å². The van der Waals surface area contributed by atoms with E-state index in [0.717, 1.165) is 5.56 Å². The van der Waals surface area contributed by atoms with Crippen LogP contribution in [0.3, 0.4) is 0 Å². The molecule has 0 amide bonds. The van der Waals surface area contributed by atoms with Crippen molar-refractivity contribution in [2.24, 2.45) is 0 Å². The Hall–Kier alpha value is -1.70. The number of halogens is 1. The first-order valence-electron chi connectivity index (χ1n) is 4.42. The van der Waals surface area contributed by atoms with Crippen LogP contribution in [-0.2, 0) is 4.79 Å². The van der Waals surface area contributed by atoms with E-state index in [4.69, 9.17) is 0 Å².